The van der Waals surface area contributed by atoms with E-state index in [-0.39, 0.29) is 17.7 Å². The van der Waals surface area contributed by atoms with Crippen molar-refractivity contribution in [3.05, 3.63) is 70.4 Å². The number of rotatable bonds is 4. The van der Waals surface area contributed by atoms with Crippen molar-refractivity contribution in [3.8, 4) is 0 Å². The molecule has 0 spiro atoms. The van der Waals surface area contributed by atoms with Crippen LogP contribution in [0.4, 0.5) is 5.82 Å². The van der Waals surface area contributed by atoms with Gasteiger partial charge in [-0.25, -0.2) is 9.97 Å². The number of ether oxygens (including phenoxy) is 1. The smallest absolute Gasteiger partial charge is 0.270 e. The third-order valence-corrected chi connectivity index (χ3v) is 4.46. The zero-order chi connectivity index (χ0) is 18.6. The molecule has 8 heteroatoms. The maximum Gasteiger partial charge on any atom is 0.270 e. The number of carbonyl (C=O) groups excluding carboxylic acids is 1. The molecular formula is C19H19N5O3. The molecule has 0 saturated carbocycles. The Morgan fingerprint density at radius 1 is 1.11 bits per heavy atom. The van der Waals surface area contributed by atoms with Crippen LogP contribution in [0.25, 0.3) is 5.65 Å². The fourth-order valence-electron chi connectivity index (χ4n) is 2.96. The molecule has 1 fully saturated rings. The fourth-order valence-corrected chi connectivity index (χ4v) is 2.96. The molecule has 4 rings (SSSR count). The SMILES string of the molecule is O=C(NCc1ccc(N2CCOCC2)nc1)c1cnc2ccccn2c1=O. The number of aromatic nitrogens is 3. The van der Waals surface area contributed by atoms with Crippen LogP contribution in [0, 0.1) is 0 Å². The molecule has 1 aliphatic rings. The summed E-state index contributed by atoms with van der Waals surface area (Å²) >= 11 is 0. The first-order chi connectivity index (χ1) is 13.2. The summed E-state index contributed by atoms with van der Waals surface area (Å²) < 4.78 is 6.69. The first kappa shape index (κ1) is 17.2. The van der Waals surface area contributed by atoms with Crippen LogP contribution in [0.3, 0.4) is 0 Å². The highest BCUT2D eigenvalue weighted by Gasteiger charge is 2.14. The van der Waals surface area contributed by atoms with E-state index in [1.807, 2.05) is 12.1 Å². The molecule has 1 aliphatic heterocycles. The molecule has 3 aromatic rings. The molecule has 3 aromatic heterocycles. The highest BCUT2D eigenvalue weighted by Crippen LogP contribution is 2.13. The molecule has 138 valence electrons. The molecule has 1 saturated heterocycles. The van der Waals surface area contributed by atoms with Crippen LogP contribution in [-0.4, -0.2) is 46.6 Å². The van der Waals surface area contributed by atoms with Gasteiger partial charge >= 0.3 is 0 Å². The first-order valence-corrected chi connectivity index (χ1v) is 8.74. The first-order valence-electron chi connectivity index (χ1n) is 8.74. The van der Waals surface area contributed by atoms with E-state index in [9.17, 15) is 9.59 Å². The van der Waals surface area contributed by atoms with E-state index in [1.54, 1.807) is 30.6 Å². The van der Waals surface area contributed by atoms with Crippen molar-refractivity contribution in [2.75, 3.05) is 31.2 Å². The Labute approximate surface area is 155 Å². The second kappa shape index (κ2) is 7.55. The third kappa shape index (κ3) is 3.65. The van der Waals surface area contributed by atoms with E-state index in [4.69, 9.17) is 4.74 Å². The predicted octanol–water partition coefficient (Wildman–Crippen LogP) is 0.856. The number of amides is 1. The standard InChI is InChI=1S/C19H19N5O3/c25-18(15-13-21-17-3-1-2-6-24(17)19(15)26)22-12-14-4-5-16(20-11-14)23-7-9-27-10-8-23/h1-6,11,13H,7-10,12H2,(H,22,25). The molecule has 0 radical (unpaired) electrons. The number of nitrogens with zero attached hydrogens (tertiary/aromatic N) is 4. The number of pyridine rings is 2. The Kier molecular flexibility index (Phi) is 4.80. The number of fused-ring (bicyclic) bond motifs is 1. The Hall–Kier alpha value is -3.26. The van der Waals surface area contributed by atoms with Crippen molar-refractivity contribution >= 4 is 17.4 Å². The van der Waals surface area contributed by atoms with E-state index >= 15 is 0 Å². The van der Waals surface area contributed by atoms with Gasteiger partial charge in [-0.15, -0.1) is 0 Å². The van der Waals surface area contributed by atoms with Crippen molar-refractivity contribution in [1.29, 1.82) is 0 Å². The normalized spacial score (nSPS) is 14.3. The summed E-state index contributed by atoms with van der Waals surface area (Å²) in [6.07, 6.45) is 4.64. The van der Waals surface area contributed by atoms with Gasteiger partial charge < -0.3 is 15.0 Å². The Morgan fingerprint density at radius 2 is 1.96 bits per heavy atom. The lowest BCUT2D eigenvalue weighted by molar-refractivity contribution is 0.0949. The molecule has 27 heavy (non-hydrogen) atoms. The van der Waals surface area contributed by atoms with E-state index in [0.29, 0.717) is 18.9 Å². The molecular weight excluding hydrogens is 346 g/mol. The van der Waals surface area contributed by atoms with E-state index in [2.05, 4.69) is 20.2 Å². The lowest BCUT2D eigenvalue weighted by Gasteiger charge is -2.27. The van der Waals surface area contributed by atoms with Gasteiger partial charge in [0.05, 0.1) is 13.2 Å². The van der Waals surface area contributed by atoms with Gasteiger partial charge in [0.15, 0.2) is 0 Å². The van der Waals surface area contributed by atoms with Crippen LogP contribution in [0.15, 0.2) is 53.7 Å². The summed E-state index contributed by atoms with van der Waals surface area (Å²) in [7, 11) is 0. The van der Waals surface area contributed by atoms with Crippen LogP contribution < -0.4 is 15.8 Å². The van der Waals surface area contributed by atoms with Gasteiger partial charge in [0.2, 0.25) is 0 Å². The average Bonchev–Trinajstić information content (AvgIpc) is 2.73. The Morgan fingerprint density at radius 3 is 2.74 bits per heavy atom. The Bertz CT molecular complexity index is 1010. The van der Waals surface area contributed by atoms with Gasteiger partial charge in [-0.05, 0) is 23.8 Å². The number of anilines is 1. The lowest BCUT2D eigenvalue weighted by atomic mass is 10.2. The quantitative estimate of drug-likeness (QED) is 0.738. The van der Waals surface area contributed by atoms with Crippen molar-refractivity contribution in [3.63, 3.8) is 0 Å². The Balaban J connectivity index is 1.43. The summed E-state index contributed by atoms with van der Waals surface area (Å²) in [5.41, 5.74) is 0.978. The number of hydrogen-bond acceptors (Lipinski definition) is 6. The minimum atomic E-state index is -0.456. The summed E-state index contributed by atoms with van der Waals surface area (Å²) in [4.78, 5) is 35.6. The minimum absolute atomic E-state index is 0.0107. The van der Waals surface area contributed by atoms with E-state index in [0.717, 1.165) is 24.5 Å². The highest BCUT2D eigenvalue weighted by molar-refractivity contribution is 5.93. The lowest BCUT2D eigenvalue weighted by Crippen LogP contribution is -2.36. The zero-order valence-electron chi connectivity index (χ0n) is 14.7. The van der Waals surface area contributed by atoms with Gasteiger partial charge in [0, 0.05) is 38.2 Å². The summed E-state index contributed by atoms with van der Waals surface area (Å²) in [6, 6.07) is 9.07. The number of carbonyl (C=O) groups is 1. The second-order valence-electron chi connectivity index (χ2n) is 6.21. The molecule has 1 amide bonds. The molecule has 0 bridgehead atoms. The molecule has 8 nitrogen and oxygen atoms in total. The van der Waals surface area contributed by atoms with Gasteiger partial charge in [-0.2, -0.15) is 0 Å². The van der Waals surface area contributed by atoms with Crippen LogP contribution in [0.1, 0.15) is 15.9 Å². The molecule has 1 N–H and O–H groups in total. The van der Waals surface area contributed by atoms with E-state index in [1.165, 1.54) is 10.6 Å². The molecule has 0 atom stereocenters. The molecule has 0 unspecified atom stereocenters. The van der Waals surface area contributed by atoms with Crippen LogP contribution >= 0.6 is 0 Å². The second-order valence-corrected chi connectivity index (χ2v) is 6.21. The third-order valence-electron chi connectivity index (χ3n) is 4.46. The highest BCUT2D eigenvalue weighted by atomic mass is 16.5. The monoisotopic (exact) mass is 365 g/mol. The van der Waals surface area contributed by atoms with Gasteiger partial charge in [0.1, 0.15) is 17.0 Å². The van der Waals surface area contributed by atoms with Crippen molar-refractivity contribution in [2.45, 2.75) is 6.54 Å². The van der Waals surface area contributed by atoms with Crippen LogP contribution in [-0.2, 0) is 11.3 Å². The maximum atomic E-state index is 12.4. The topological polar surface area (TPSA) is 88.8 Å². The minimum Gasteiger partial charge on any atom is -0.378 e. The van der Waals surface area contributed by atoms with Crippen molar-refractivity contribution in [1.82, 2.24) is 19.7 Å². The van der Waals surface area contributed by atoms with Crippen LogP contribution in [0.5, 0.6) is 0 Å². The predicted molar refractivity (Wildman–Crippen MR) is 99.9 cm³/mol. The summed E-state index contributed by atoms with van der Waals surface area (Å²) in [6.45, 7) is 3.33. The van der Waals surface area contributed by atoms with Crippen LogP contribution in [0.2, 0.25) is 0 Å². The summed E-state index contributed by atoms with van der Waals surface area (Å²) in [5.74, 6) is 0.438. The largest absolute Gasteiger partial charge is 0.378 e. The molecule has 0 aromatic carbocycles. The number of morpholine rings is 1. The van der Waals surface area contributed by atoms with Gasteiger partial charge in [-0.3, -0.25) is 14.0 Å². The molecule has 0 aliphatic carbocycles. The average molecular weight is 365 g/mol. The van der Waals surface area contributed by atoms with Gasteiger partial charge in [0.25, 0.3) is 11.5 Å². The summed E-state index contributed by atoms with van der Waals surface area (Å²) in [5, 5.41) is 2.75. The number of hydrogen-bond donors (Lipinski definition) is 1. The number of nitrogens with one attached hydrogen (secondary N) is 1. The van der Waals surface area contributed by atoms with E-state index < -0.39 is 5.91 Å². The van der Waals surface area contributed by atoms with Gasteiger partial charge in [-0.1, -0.05) is 12.1 Å². The maximum absolute atomic E-state index is 12.4. The molecule has 4 heterocycles. The van der Waals surface area contributed by atoms with Crippen molar-refractivity contribution in [2.24, 2.45) is 0 Å². The van der Waals surface area contributed by atoms with Crippen molar-refractivity contribution < 1.29 is 9.53 Å². The fraction of sp³-hybridized carbons (Fsp3) is 0.263. The zero-order valence-corrected chi connectivity index (χ0v) is 14.7.